The van der Waals surface area contributed by atoms with Crippen LogP contribution in [0.1, 0.15) is 50.6 Å². The molecule has 0 spiro atoms. The van der Waals surface area contributed by atoms with Crippen molar-refractivity contribution < 1.29 is 50.6 Å². The summed E-state index contributed by atoms with van der Waals surface area (Å²) in [4.78, 5) is 37.2. The minimum atomic E-state index is -4.93. The molecule has 222 valence electrons. The molecule has 0 bridgehead atoms. The van der Waals surface area contributed by atoms with E-state index in [0.29, 0.717) is 16.8 Å². The highest BCUT2D eigenvalue weighted by Gasteiger charge is 2.32. The Morgan fingerprint density at radius 3 is 1.90 bits per heavy atom. The number of alkyl halides is 6. The molecule has 0 aromatic heterocycles. The normalized spacial score (nSPS) is 12.3. The van der Waals surface area contributed by atoms with Crippen LogP contribution in [0.4, 0.5) is 26.3 Å². The standard InChI is InChI=1S/C29H23F6NO5S/c1-17(36-15-14-26(38)39)18-2-4-19(5-3-18)24(27(40)21-6-10-22(11-7-21)41-28(30,31)32)16-25(37)20-8-12-23(13-9-20)42-29(33,34)35/h2-13,24,36H,1,14-16H2,(H,38,39). The fourth-order valence-corrected chi connectivity index (χ4v) is 4.41. The van der Waals surface area contributed by atoms with Crippen molar-refractivity contribution in [3.8, 4) is 5.75 Å². The van der Waals surface area contributed by atoms with Crippen LogP contribution in [0.2, 0.25) is 0 Å². The molecule has 0 saturated heterocycles. The molecule has 0 aliphatic heterocycles. The second kappa shape index (κ2) is 13.6. The van der Waals surface area contributed by atoms with Crippen LogP contribution < -0.4 is 10.1 Å². The first-order valence-electron chi connectivity index (χ1n) is 12.2. The fourth-order valence-electron chi connectivity index (χ4n) is 3.87. The molecule has 13 heteroatoms. The van der Waals surface area contributed by atoms with E-state index in [1.165, 1.54) is 12.1 Å². The van der Waals surface area contributed by atoms with Gasteiger partial charge in [-0.05, 0) is 59.3 Å². The zero-order valence-electron chi connectivity index (χ0n) is 21.6. The van der Waals surface area contributed by atoms with Crippen molar-refractivity contribution in [1.82, 2.24) is 5.32 Å². The van der Waals surface area contributed by atoms with Crippen LogP contribution in [0, 0.1) is 0 Å². The summed E-state index contributed by atoms with van der Waals surface area (Å²) in [5.74, 6) is -3.77. The van der Waals surface area contributed by atoms with Crippen LogP contribution in [-0.2, 0) is 4.79 Å². The lowest BCUT2D eigenvalue weighted by atomic mass is 9.85. The molecule has 3 aromatic rings. The maximum atomic E-state index is 13.5. The van der Waals surface area contributed by atoms with Crippen molar-refractivity contribution >= 4 is 35.0 Å². The van der Waals surface area contributed by atoms with Crippen LogP contribution in [0.15, 0.2) is 84.3 Å². The van der Waals surface area contributed by atoms with Crippen molar-refractivity contribution in [2.24, 2.45) is 0 Å². The van der Waals surface area contributed by atoms with Gasteiger partial charge in [-0.3, -0.25) is 14.4 Å². The van der Waals surface area contributed by atoms with Crippen molar-refractivity contribution in [3.63, 3.8) is 0 Å². The van der Waals surface area contributed by atoms with Gasteiger partial charge in [0.05, 0.1) is 12.3 Å². The molecule has 3 rings (SSSR count). The van der Waals surface area contributed by atoms with Gasteiger partial charge in [-0.1, -0.05) is 43.0 Å². The quantitative estimate of drug-likeness (QED) is 0.118. The Labute approximate surface area is 240 Å². The van der Waals surface area contributed by atoms with Crippen molar-refractivity contribution in [1.29, 1.82) is 0 Å². The number of halogens is 6. The summed E-state index contributed by atoms with van der Waals surface area (Å²) in [6.45, 7) is 3.97. The largest absolute Gasteiger partial charge is 0.573 e. The van der Waals surface area contributed by atoms with Crippen LogP contribution in [-0.4, -0.2) is 41.1 Å². The molecule has 1 unspecified atom stereocenters. The minimum absolute atomic E-state index is 0.00285. The van der Waals surface area contributed by atoms with Gasteiger partial charge in [0.25, 0.3) is 0 Å². The maximum Gasteiger partial charge on any atom is 0.573 e. The van der Waals surface area contributed by atoms with Gasteiger partial charge in [0.15, 0.2) is 11.6 Å². The Morgan fingerprint density at radius 1 is 0.833 bits per heavy atom. The third-order valence-electron chi connectivity index (χ3n) is 5.83. The van der Waals surface area contributed by atoms with E-state index in [2.05, 4.69) is 16.6 Å². The lowest BCUT2D eigenvalue weighted by Crippen LogP contribution is -2.19. The summed E-state index contributed by atoms with van der Waals surface area (Å²) >= 11 is -0.339. The minimum Gasteiger partial charge on any atom is -0.481 e. The number of rotatable bonds is 13. The first-order valence-corrected chi connectivity index (χ1v) is 13.0. The average Bonchev–Trinajstić information content (AvgIpc) is 2.90. The molecule has 0 saturated carbocycles. The Kier molecular flexibility index (Phi) is 10.4. The first kappa shape index (κ1) is 32.3. The van der Waals surface area contributed by atoms with Gasteiger partial charge in [-0.2, -0.15) is 13.2 Å². The SMILES string of the molecule is C=C(NCCC(=O)O)c1ccc(C(CC(=O)c2ccc(SC(F)(F)F)cc2)C(=O)c2ccc(OC(F)(F)F)cc2)cc1. The summed E-state index contributed by atoms with van der Waals surface area (Å²) in [5.41, 5.74) is -3.06. The topological polar surface area (TPSA) is 92.7 Å². The number of carbonyl (C=O) groups is 3. The van der Waals surface area contributed by atoms with Crippen LogP contribution in [0.5, 0.6) is 5.75 Å². The molecule has 0 heterocycles. The second-order valence-electron chi connectivity index (χ2n) is 8.86. The summed E-state index contributed by atoms with van der Waals surface area (Å²) in [5, 5.41) is 11.6. The molecule has 42 heavy (non-hydrogen) atoms. The van der Waals surface area contributed by atoms with E-state index in [9.17, 15) is 40.7 Å². The molecule has 0 aliphatic rings. The van der Waals surface area contributed by atoms with Crippen LogP contribution >= 0.6 is 11.8 Å². The van der Waals surface area contributed by atoms with Crippen molar-refractivity contribution in [2.75, 3.05) is 6.54 Å². The van der Waals surface area contributed by atoms with Crippen molar-refractivity contribution in [3.05, 3.63) is 102 Å². The first-order chi connectivity index (χ1) is 19.6. The number of carboxylic acids is 1. The third-order valence-corrected chi connectivity index (χ3v) is 6.57. The predicted molar refractivity (Wildman–Crippen MR) is 143 cm³/mol. The number of ether oxygens (including phenoxy) is 1. The Balaban J connectivity index is 1.86. The van der Waals surface area contributed by atoms with E-state index in [1.54, 1.807) is 24.3 Å². The maximum absolute atomic E-state index is 13.5. The Hall–Kier alpha value is -4.26. The number of thioether (sulfide) groups is 1. The van der Waals surface area contributed by atoms with E-state index in [1.807, 2.05) is 0 Å². The van der Waals surface area contributed by atoms with E-state index >= 15 is 0 Å². The second-order valence-corrected chi connectivity index (χ2v) is 10.00. The van der Waals surface area contributed by atoms with Crippen LogP contribution in [0.3, 0.4) is 0 Å². The fraction of sp³-hybridized carbons (Fsp3) is 0.207. The number of hydrogen-bond donors (Lipinski definition) is 2. The zero-order chi connectivity index (χ0) is 31.1. The predicted octanol–water partition coefficient (Wildman–Crippen LogP) is 7.47. The molecular formula is C29H23F6NO5S. The molecule has 2 N–H and O–H groups in total. The van der Waals surface area contributed by atoms with Gasteiger partial charge in [-0.25, -0.2) is 0 Å². The van der Waals surface area contributed by atoms with Crippen LogP contribution in [0.25, 0.3) is 5.70 Å². The van der Waals surface area contributed by atoms with Gasteiger partial charge in [0.2, 0.25) is 0 Å². The summed E-state index contributed by atoms with van der Waals surface area (Å²) in [7, 11) is 0. The number of carbonyl (C=O) groups excluding carboxylic acids is 2. The van der Waals surface area contributed by atoms with E-state index in [-0.39, 0.29) is 47.2 Å². The van der Waals surface area contributed by atoms with E-state index in [0.717, 1.165) is 36.4 Å². The molecule has 0 fully saturated rings. The van der Waals surface area contributed by atoms with Gasteiger partial charge in [-0.15, -0.1) is 13.2 Å². The molecule has 0 amide bonds. The average molecular weight is 612 g/mol. The molecule has 0 aliphatic carbocycles. The summed E-state index contributed by atoms with van der Waals surface area (Å²) in [6.07, 6.45) is -5.45. The summed E-state index contributed by atoms with van der Waals surface area (Å²) in [6, 6.07) is 15.2. The lowest BCUT2D eigenvalue weighted by Gasteiger charge is -2.18. The number of ketones is 2. The Bertz CT molecular complexity index is 1420. The highest BCUT2D eigenvalue weighted by molar-refractivity contribution is 8.00. The number of carboxylic acid groups (broad SMARTS) is 1. The monoisotopic (exact) mass is 611 g/mol. The lowest BCUT2D eigenvalue weighted by molar-refractivity contribution is -0.274. The van der Waals surface area contributed by atoms with Gasteiger partial charge in [0, 0.05) is 34.7 Å². The summed E-state index contributed by atoms with van der Waals surface area (Å²) < 4.78 is 79.4. The van der Waals surface area contributed by atoms with E-state index in [4.69, 9.17) is 5.11 Å². The molecular weight excluding hydrogens is 588 g/mol. The van der Waals surface area contributed by atoms with Gasteiger partial charge < -0.3 is 15.2 Å². The number of benzene rings is 3. The molecule has 6 nitrogen and oxygen atoms in total. The number of Topliss-reactive ketones (excluding diaryl/α,β-unsaturated/α-hetero) is 2. The number of aliphatic carboxylic acids is 1. The number of hydrogen-bond acceptors (Lipinski definition) is 6. The van der Waals surface area contributed by atoms with Crippen molar-refractivity contribution in [2.45, 2.75) is 35.5 Å². The highest BCUT2D eigenvalue weighted by atomic mass is 32.2. The highest BCUT2D eigenvalue weighted by Crippen LogP contribution is 2.37. The molecule has 1 atom stereocenters. The van der Waals surface area contributed by atoms with Gasteiger partial charge >= 0.3 is 17.8 Å². The third kappa shape index (κ3) is 9.98. The smallest absolute Gasteiger partial charge is 0.481 e. The molecule has 0 radical (unpaired) electrons. The van der Waals surface area contributed by atoms with E-state index < -0.39 is 41.1 Å². The zero-order valence-corrected chi connectivity index (χ0v) is 22.4. The number of nitrogens with one attached hydrogen (secondary N) is 1. The molecule has 3 aromatic carbocycles. The van der Waals surface area contributed by atoms with Gasteiger partial charge in [0.1, 0.15) is 5.75 Å². The Morgan fingerprint density at radius 2 is 1.38 bits per heavy atom.